The number of carboxylic acids is 1. The molecule has 0 saturated carbocycles. The van der Waals surface area contributed by atoms with Gasteiger partial charge in [-0.1, -0.05) is 0 Å². The number of carbonyl (C=O) groups is 2. The van der Waals surface area contributed by atoms with Crippen LogP contribution in [0.3, 0.4) is 0 Å². The van der Waals surface area contributed by atoms with Crippen molar-refractivity contribution in [2.45, 2.75) is 25.3 Å². The van der Waals surface area contributed by atoms with Crippen LogP contribution < -0.4 is 0 Å². The Hall–Kier alpha value is -2.67. The van der Waals surface area contributed by atoms with Gasteiger partial charge >= 0.3 is 5.97 Å². The number of fused-ring (bicyclic) bond motifs is 1. The highest BCUT2D eigenvalue weighted by molar-refractivity contribution is 5.94. The van der Waals surface area contributed by atoms with E-state index in [0.29, 0.717) is 31.5 Å². The molecule has 0 aliphatic carbocycles. The first-order valence-electron chi connectivity index (χ1n) is 9.34. The van der Waals surface area contributed by atoms with E-state index in [9.17, 15) is 14.7 Å². The standard InChI is InChI=1S/C20H24N4O3/c1-22-11-2-8-20(19(26)27)9-13-23(14-17(20)22)18(25)15-4-6-16(7-5-15)24-12-3-10-21-24/h3-7,10,12,17H,2,8-9,11,13-14H2,1H3,(H,26,27)/t17-,20+/m1/s1. The third-order valence-electron chi connectivity index (χ3n) is 6.12. The number of amides is 1. The van der Waals surface area contributed by atoms with Gasteiger partial charge in [-0.2, -0.15) is 5.10 Å². The fourth-order valence-electron chi connectivity index (χ4n) is 4.53. The summed E-state index contributed by atoms with van der Waals surface area (Å²) in [4.78, 5) is 28.9. The minimum Gasteiger partial charge on any atom is -0.481 e. The largest absolute Gasteiger partial charge is 0.481 e. The molecule has 0 radical (unpaired) electrons. The third-order valence-corrected chi connectivity index (χ3v) is 6.12. The number of piperidine rings is 2. The first-order valence-corrected chi connectivity index (χ1v) is 9.34. The number of aromatic nitrogens is 2. The molecule has 27 heavy (non-hydrogen) atoms. The highest BCUT2D eigenvalue weighted by atomic mass is 16.4. The zero-order valence-electron chi connectivity index (χ0n) is 15.4. The van der Waals surface area contributed by atoms with E-state index in [1.807, 2.05) is 43.6 Å². The lowest BCUT2D eigenvalue weighted by atomic mass is 9.68. The molecule has 1 aromatic carbocycles. The van der Waals surface area contributed by atoms with E-state index in [1.165, 1.54) is 0 Å². The predicted molar refractivity (Wildman–Crippen MR) is 99.8 cm³/mol. The van der Waals surface area contributed by atoms with E-state index in [0.717, 1.165) is 18.7 Å². The average molecular weight is 368 g/mol. The minimum atomic E-state index is -0.728. The van der Waals surface area contributed by atoms with E-state index < -0.39 is 11.4 Å². The first kappa shape index (κ1) is 17.7. The summed E-state index contributed by atoms with van der Waals surface area (Å²) < 4.78 is 1.74. The highest BCUT2D eigenvalue weighted by Crippen LogP contribution is 2.42. The van der Waals surface area contributed by atoms with Crippen LogP contribution in [0, 0.1) is 5.41 Å². The van der Waals surface area contributed by atoms with Gasteiger partial charge in [-0.25, -0.2) is 4.68 Å². The second-order valence-electron chi connectivity index (χ2n) is 7.56. The Morgan fingerprint density at radius 1 is 1.19 bits per heavy atom. The van der Waals surface area contributed by atoms with Gasteiger partial charge in [0.05, 0.1) is 11.1 Å². The molecule has 1 N–H and O–H groups in total. The molecule has 7 nitrogen and oxygen atoms in total. The van der Waals surface area contributed by atoms with Crippen molar-refractivity contribution in [3.8, 4) is 5.69 Å². The van der Waals surface area contributed by atoms with Crippen molar-refractivity contribution in [1.29, 1.82) is 0 Å². The Bertz CT molecular complexity index is 833. The summed E-state index contributed by atoms with van der Waals surface area (Å²) >= 11 is 0. The second kappa shape index (κ2) is 6.81. The summed E-state index contributed by atoms with van der Waals surface area (Å²) in [5, 5.41) is 14.1. The minimum absolute atomic E-state index is 0.0417. The summed E-state index contributed by atoms with van der Waals surface area (Å²) in [6, 6.07) is 9.08. The maximum absolute atomic E-state index is 13.0. The van der Waals surface area contributed by atoms with Gasteiger partial charge in [-0.3, -0.25) is 9.59 Å². The number of likely N-dealkylation sites (tertiary alicyclic amines) is 2. The molecule has 2 atom stereocenters. The number of carboxylic acid groups (broad SMARTS) is 1. The van der Waals surface area contributed by atoms with Crippen molar-refractivity contribution in [2.75, 3.05) is 26.7 Å². The molecule has 142 valence electrons. The van der Waals surface area contributed by atoms with Gasteiger partial charge in [0.1, 0.15) is 0 Å². The molecule has 1 aromatic heterocycles. The van der Waals surface area contributed by atoms with Crippen LogP contribution in [0.4, 0.5) is 0 Å². The maximum Gasteiger partial charge on any atom is 0.311 e. The van der Waals surface area contributed by atoms with Crippen molar-refractivity contribution < 1.29 is 14.7 Å². The van der Waals surface area contributed by atoms with Crippen molar-refractivity contribution >= 4 is 11.9 Å². The lowest BCUT2D eigenvalue weighted by Crippen LogP contribution is -2.63. The van der Waals surface area contributed by atoms with Crippen LogP contribution in [0.25, 0.3) is 5.69 Å². The second-order valence-corrected chi connectivity index (χ2v) is 7.56. The molecule has 2 aromatic rings. The molecule has 0 unspecified atom stereocenters. The molecule has 2 aliphatic heterocycles. The number of hydrogen-bond donors (Lipinski definition) is 1. The molecule has 2 aliphatic rings. The van der Waals surface area contributed by atoms with E-state index in [-0.39, 0.29) is 11.9 Å². The van der Waals surface area contributed by atoms with Crippen molar-refractivity contribution in [3.05, 3.63) is 48.3 Å². The number of aliphatic carboxylic acids is 1. The van der Waals surface area contributed by atoms with Gasteiger partial charge in [0.15, 0.2) is 0 Å². The van der Waals surface area contributed by atoms with Gasteiger partial charge < -0.3 is 14.9 Å². The maximum atomic E-state index is 13.0. The number of nitrogens with zero attached hydrogens (tertiary/aromatic N) is 4. The first-order chi connectivity index (χ1) is 13.0. The Morgan fingerprint density at radius 2 is 1.96 bits per heavy atom. The number of likely N-dealkylation sites (N-methyl/N-ethyl adjacent to an activating group) is 1. The average Bonchev–Trinajstić information content (AvgIpc) is 3.22. The summed E-state index contributed by atoms with van der Waals surface area (Å²) in [6.07, 6.45) is 5.66. The van der Waals surface area contributed by atoms with E-state index in [2.05, 4.69) is 10.00 Å². The van der Waals surface area contributed by atoms with Gasteiger partial charge in [0.2, 0.25) is 0 Å². The Morgan fingerprint density at radius 3 is 2.63 bits per heavy atom. The van der Waals surface area contributed by atoms with Crippen LogP contribution in [-0.4, -0.2) is 69.3 Å². The van der Waals surface area contributed by atoms with Crippen molar-refractivity contribution in [2.24, 2.45) is 5.41 Å². The normalized spacial score (nSPS) is 25.8. The van der Waals surface area contributed by atoms with Crippen molar-refractivity contribution in [3.63, 3.8) is 0 Å². The summed E-state index contributed by atoms with van der Waals surface area (Å²) in [5.74, 6) is -0.769. The fraction of sp³-hybridized carbons (Fsp3) is 0.450. The monoisotopic (exact) mass is 368 g/mol. The number of rotatable bonds is 3. The number of carbonyl (C=O) groups excluding carboxylic acids is 1. The van der Waals surface area contributed by atoms with Crippen LogP contribution in [0.5, 0.6) is 0 Å². The Balaban J connectivity index is 1.52. The number of hydrogen-bond acceptors (Lipinski definition) is 4. The topological polar surface area (TPSA) is 78.7 Å². The molecular weight excluding hydrogens is 344 g/mol. The SMILES string of the molecule is CN1CCC[C@]2(C(=O)O)CCN(C(=O)c3ccc(-n4cccn4)cc3)C[C@@H]12. The summed E-state index contributed by atoms with van der Waals surface area (Å²) in [6.45, 7) is 1.82. The molecule has 1 amide bonds. The molecular formula is C20H24N4O3. The fourth-order valence-corrected chi connectivity index (χ4v) is 4.53. The van der Waals surface area contributed by atoms with Crippen LogP contribution in [0.15, 0.2) is 42.7 Å². The van der Waals surface area contributed by atoms with E-state index >= 15 is 0 Å². The molecule has 4 rings (SSSR count). The zero-order valence-corrected chi connectivity index (χ0v) is 15.4. The molecule has 7 heteroatoms. The van der Waals surface area contributed by atoms with Gasteiger partial charge in [0, 0.05) is 37.1 Å². The predicted octanol–water partition coefficient (Wildman–Crippen LogP) is 1.88. The molecule has 2 fully saturated rings. The lowest BCUT2D eigenvalue weighted by Gasteiger charge is -2.51. The van der Waals surface area contributed by atoms with E-state index in [1.54, 1.807) is 15.8 Å². The molecule has 0 spiro atoms. The quantitative estimate of drug-likeness (QED) is 0.895. The van der Waals surface area contributed by atoms with Crippen LogP contribution in [0.2, 0.25) is 0 Å². The molecule has 0 bridgehead atoms. The number of benzene rings is 1. The van der Waals surface area contributed by atoms with E-state index in [4.69, 9.17) is 0 Å². The Kier molecular flexibility index (Phi) is 4.47. The van der Waals surface area contributed by atoms with Crippen molar-refractivity contribution in [1.82, 2.24) is 19.6 Å². The summed E-state index contributed by atoms with van der Waals surface area (Å²) in [5.41, 5.74) is 0.785. The van der Waals surface area contributed by atoms with Gasteiger partial charge in [-0.05, 0) is 63.2 Å². The zero-order chi connectivity index (χ0) is 19.0. The van der Waals surface area contributed by atoms with Gasteiger partial charge in [0.25, 0.3) is 5.91 Å². The highest BCUT2D eigenvalue weighted by Gasteiger charge is 2.52. The Labute approximate surface area is 158 Å². The lowest BCUT2D eigenvalue weighted by molar-refractivity contribution is -0.161. The van der Waals surface area contributed by atoms with Crippen LogP contribution >= 0.6 is 0 Å². The third kappa shape index (κ3) is 3.02. The smallest absolute Gasteiger partial charge is 0.311 e. The molecule has 3 heterocycles. The van der Waals surface area contributed by atoms with Crippen LogP contribution in [0.1, 0.15) is 29.6 Å². The molecule has 2 saturated heterocycles. The van der Waals surface area contributed by atoms with Gasteiger partial charge in [-0.15, -0.1) is 0 Å². The van der Waals surface area contributed by atoms with Crippen LogP contribution in [-0.2, 0) is 4.79 Å². The summed E-state index contributed by atoms with van der Waals surface area (Å²) in [7, 11) is 1.97.